The third kappa shape index (κ3) is 4.88. The molecule has 5 nitrogen and oxygen atoms in total. The molecule has 0 aromatic heterocycles. The lowest BCUT2D eigenvalue weighted by Gasteiger charge is -2.23. The first kappa shape index (κ1) is 16.1. The highest BCUT2D eigenvalue weighted by molar-refractivity contribution is 6.30. The predicted octanol–water partition coefficient (Wildman–Crippen LogP) is 1.73. The fourth-order valence-corrected chi connectivity index (χ4v) is 2.26. The summed E-state index contributed by atoms with van der Waals surface area (Å²) in [5.74, 6) is 0.632. The van der Waals surface area contributed by atoms with Crippen molar-refractivity contribution in [1.82, 2.24) is 10.6 Å². The molecular weight excluding hydrogens is 292 g/mol. The zero-order valence-electron chi connectivity index (χ0n) is 12.2. The number of amides is 1. The van der Waals surface area contributed by atoms with Crippen molar-refractivity contribution in [2.24, 2.45) is 0 Å². The molecule has 2 rings (SSSR count). The zero-order valence-corrected chi connectivity index (χ0v) is 12.9. The highest BCUT2D eigenvalue weighted by Crippen LogP contribution is 2.23. The molecule has 116 valence electrons. The van der Waals surface area contributed by atoms with Gasteiger partial charge in [-0.2, -0.15) is 0 Å². The Kier molecular flexibility index (Phi) is 6.29. The first-order chi connectivity index (χ1) is 10.2. The average Bonchev–Trinajstić information content (AvgIpc) is 2.52. The van der Waals surface area contributed by atoms with E-state index in [9.17, 15) is 4.79 Å². The van der Waals surface area contributed by atoms with Gasteiger partial charge in [-0.05, 0) is 24.6 Å². The minimum absolute atomic E-state index is 0.122. The van der Waals surface area contributed by atoms with E-state index in [1.165, 1.54) is 0 Å². The van der Waals surface area contributed by atoms with Crippen LogP contribution in [0.2, 0.25) is 5.02 Å². The summed E-state index contributed by atoms with van der Waals surface area (Å²) in [6, 6.07) is 5.43. The van der Waals surface area contributed by atoms with Gasteiger partial charge in [0.05, 0.1) is 13.2 Å². The average molecular weight is 313 g/mol. The predicted molar refractivity (Wildman–Crippen MR) is 81.7 cm³/mol. The van der Waals surface area contributed by atoms with Crippen molar-refractivity contribution in [3.63, 3.8) is 0 Å². The monoisotopic (exact) mass is 312 g/mol. The van der Waals surface area contributed by atoms with Gasteiger partial charge in [0.1, 0.15) is 11.9 Å². The van der Waals surface area contributed by atoms with E-state index in [1.54, 1.807) is 6.07 Å². The standard InChI is InChI=1S/C15H21ClN2O3/c1-2-6-20-13-4-3-12(16)8-11(13)9-18-15(19)14-10-17-5-7-21-14/h3-4,8,14,17H,2,5-7,9-10H2,1H3,(H,18,19)/t14-/m1/s1. The number of morpholine rings is 1. The van der Waals surface area contributed by atoms with Crippen LogP contribution in [0.25, 0.3) is 0 Å². The van der Waals surface area contributed by atoms with Gasteiger partial charge >= 0.3 is 0 Å². The van der Waals surface area contributed by atoms with Gasteiger partial charge in [-0.15, -0.1) is 0 Å². The van der Waals surface area contributed by atoms with Gasteiger partial charge in [0.2, 0.25) is 0 Å². The Bertz CT molecular complexity index is 476. The topological polar surface area (TPSA) is 59.6 Å². The molecule has 0 unspecified atom stereocenters. The van der Waals surface area contributed by atoms with Crippen molar-refractivity contribution in [3.05, 3.63) is 28.8 Å². The van der Waals surface area contributed by atoms with E-state index < -0.39 is 6.10 Å². The smallest absolute Gasteiger partial charge is 0.250 e. The molecule has 1 aromatic rings. The first-order valence-corrected chi connectivity index (χ1v) is 7.59. The van der Waals surface area contributed by atoms with Crippen LogP contribution in [0.15, 0.2) is 18.2 Å². The molecule has 1 aromatic carbocycles. The van der Waals surface area contributed by atoms with Crippen LogP contribution in [0.3, 0.4) is 0 Å². The molecule has 0 bridgehead atoms. The van der Waals surface area contributed by atoms with Crippen LogP contribution >= 0.6 is 11.6 Å². The normalized spacial score (nSPS) is 18.3. The quantitative estimate of drug-likeness (QED) is 0.840. The van der Waals surface area contributed by atoms with E-state index in [0.717, 1.165) is 24.3 Å². The summed E-state index contributed by atoms with van der Waals surface area (Å²) in [7, 11) is 0. The molecule has 1 atom stereocenters. The fourth-order valence-electron chi connectivity index (χ4n) is 2.07. The summed E-state index contributed by atoms with van der Waals surface area (Å²) in [6.07, 6.45) is 0.494. The molecule has 1 aliphatic rings. The molecule has 1 fully saturated rings. The second-order valence-electron chi connectivity index (χ2n) is 4.88. The van der Waals surface area contributed by atoms with Crippen molar-refractivity contribution < 1.29 is 14.3 Å². The molecular formula is C15H21ClN2O3. The number of ether oxygens (including phenoxy) is 2. The summed E-state index contributed by atoms with van der Waals surface area (Å²) in [5, 5.41) is 6.62. The Labute approximate surface area is 130 Å². The van der Waals surface area contributed by atoms with Crippen molar-refractivity contribution in [1.29, 1.82) is 0 Å². The Morgan fingerprint density at radius 3 is 3.14 bits per heavy atom. The van der Waals surface area contributed by atoms with Crippen LogP contribution in [-0.2, 0) is 16.1 Å². The summed E-state index contributed by atoms with van der Waals surface area (Å²) >= 11 is 6.01. The summed E-state index contributed by atoms with van der Waals surface area (Å²) < 4.78 is 11.1. The molecule has 1 heterocycles. The highest BCUT2D eigenvalue weighted by atomic mass is 35.5. The number of nitrogens with one attached hydrogen (secondary N) is 2. The highest BCUT2D eigenvalue weighted by Gasteiger charge is 2.21. The Morgan fingerprint density at radius 2 is 2.43 bits per heavy atom. The van der Waals surface area contributed by atoms with Gasteiger partial charge < -0.3 is 20.1 Å². The lowest BCUT2D eigenvalue weighted by Crippen LogP contribution is -2.47. The van der Waals surface area contributed by atoms with Crippen LogP contribution in [0.4, 0.5) is 0 Å². The van der Waals surface area contributed by atoms with Gasteiger partial charge in [-0.25, -0.2) is 0 Å². The molecule has 6 heteroatoms. The van der Waals surface area contributed by atoms with Gasteiger partial charge in [0.25, 0.3) is 5.91 Å². The Hall–Kier alpha value is -1.30. The fraction of sp³-hybridized carbons (Fsp3) is 0.533. The maximum absolute atomic E-state index is 12.0. The van der Waals surface area contributed by atoms with Gasteiger partial charge in [-0.3, -0.25) is 4.79 Å². The van der Waals surface area contributed by atoms with Gasteiger partial charge in [-0.1, -0.05) is 18.5 Å². The van der Waals surface area contributed by atoms with Gasteiger partial charge in [0, 0.05) is 30.2 Å². The lowest BCUT2D eigenvalue weighted by atomic mass is 10.2. The van der Waals surface area contributed by atoms with Gasteiger partial charge in [0.15, 0.2) is 0 Å². The van der Waals surface area contributed by atoms with Crippen molar-refractivity contribution in [2.75, 3.05) is 26.3 Å². The lowest BCUT2D eigenvalue weighted by molar-refractivity contribution is -0.134. The summed E-state index contributed by atoms with van der Waals surface area (Å²) in [6.45, 7) is 4.94. The van der Waals surface area contributed by atoms with E-state index in [1.807, 2.05) is 19.1 Å². The van der Waals surface area contributed by atoms with E-state index in [4.69, 9.17) is 21.1 Å². The van der Waals surface area contributed by atoms with E-state index >= 15 is 0 Å². The SMILES string of the molecule is CCCOc1ccc(Cl)cc1CNC(=O)[C@H]1CNCCO1. The second-order valence-corrected chi connectivity index (χ2v) is 5.32. The molecule has 21 heavy (non-hydrogen) atoms. The van der Waals surface area contributed by atoms with E-state index in [0.29, 0.717) is 31.3 Å². The molecule has 1 saturated heterocycles. The van der Waals surface area contributed by atoms with Crippen LogP contribution in [0.5, 0.6) is 5.75 Å². The van der Waals surface area contributed by atoms with E-state index in [2.05, 4.69) is 10.6 Å². The Morgan fingerprint density at radius 1 is 1.57 bits per heavy atom. The van der Waals surface area contributed by atoms with Crippen LogP contribution < -0.4 is 15.4 Å². The molecule has 1 aliphatic heterocycles. The number of hydrogen-bond donors (Lipinski definition) is 2. The number of benzene rings is 1. The molecule has 1 amide bonds. The maximum Gasteiger partial charge on any atom is 0.250 e. The Balaban J connectivity index is 1.94. The molecule has 0 spiro atoms. The molecule has 0 saturated carbocycles. The van der Waals surface area contributed by atoms with Crippen molar-refractivity contribution in [2.45, 2.75) is 26.0 Å². The first-order valence-electron chi connectivity index (χ1n) is 7.22. The number of rotatable bonds is 6. The van der Waals surface area contributed by atoms with Crippen LogP contribution in [0.1, 0.15) is 18.9 Å². The summed E-state index contributed by atoms with van der Waals surface area (Å²) in [4.78, 5) is 12.0. The molecule has 0 radical (unpaired) electrons. The van der Waals surface area contributed by atoms with E-state index in [-0.39, 0.29) is 5.91 Å². The number of carbonyl (C=O) groups excluding carboxylic acids is 1. The minimum Gasteiger partial charge on any atom is -0.493 e. The largest absolute Gasteiger partial charge is 0.493 e. The third-order valence-electron chi connectivity index (χ3n) is 3.16. The van der Waals surface area contributed by atoms with Crippen molar-refractivity contribution >= 4 is 17.5 Å². The molecule has 2 N–H and O–H groups in total. The van der Waals surface area contributed by atoms with Crippen molar-refractivity contribution in [3.8, 4) is 5.75 Å². The van der Waals surface area contributed by atoms with Crippen LogP contribution in [-0.4, -0.2) is 38.3 Å². The minimum atomic E-state index is -0.432. The second kappa shape index (κ2) is 8.22. The number of hydrogen-bond acceptors (Lipinski definition) is 4. The zero-order chi connectivity index (χ0) is 15.1. The number of carbonyl (C=O) groups is 1. The third-order valence-corrected chi connectivity index (χ3v) is 3.39. The van der Waals surface area contributed by atoms with Crippen LogP contribution in [0, 0.1) is 0 Å². The molecule has 0 aliphatic carbocycles. The number of halogens is 1. The summed E-state index contributed by atoms with van der Waals surface area (Å²) in [5.41, 5.74) is 0.869. The maximum atomic E-state index is 12.0.